The molecule has 4 nitrogen and oxygen atoms in total. The third kappa shape index (κ3) is 3.24. The summed E-state index contributed by atoms with van der Waals surface area (Å²) in [5.74, 6) is 1.94. The molecule has 110 valence electrons. The minimum atomic E-state index is 0.0528. The number of carbonyl (C=O) groups is 1. The van der Waals surface area contributed by atoms with Crippen LogP contribution in [0.25, 0.3) is 0 Å². The molecule has 2 N–H and O–H groups in total. The number of nitrogen functional groups attached to an aromatic ring is 1. The van der Waals surface area contributed by atoms with Gasteiger partial charge in [-0.3, -0.25) is 4.79 Å². The first-order valence-electron chi connectivity index (χ1n) is 7.34. The van der Waals surface area contributed by atoms with E-state index in [1.807, 2.05) is 11.8 Å². The van der Waals surface area contributed by atoms with E-state index < -0.39 is 0 Å². The van der Waals surface area contributed by atoms with E-state index in [9.17, 15) is 4.79 Å². The average Bonchev–Trinajstić information content (AvgIpc) is 2.41. The van der Waals surface area contributed by atoms with Gasteiger partial charge in [0.25, 0.3) is 5.91 Å². The molecule has 1 fully saturated rings. The summed E-state index contributed by atoms with van der Waals surface area (Å²) in [5.41, 5.74) is 7.04. The Morgan fingerprint density at radius 1 is 1.35 bits per heavy atom. The summed E-state index contributed by atoms with van der Waals surface area (Å²) < 4.78 is 5.45. The van der Waals surface area contributed by atoms with E-state index in [1.54, 1.807) is 18.2 Å². The van der Waals surface area contributed by atoms with Crippen LogP contribution in [-0.4, -0.2) is 30.5 Å². The number of hydrogen-bond donors (Lipinski definition) is 1. The molecule has 0 saturated carbocycles. The van der Waals surface area contributed by atoms with Crippen LogP contribution in [0.3, 0.4) is 0 Å². The Morgan fingerprint density at radius 2 is 2.10 bits per heavy atom. The van der Waals surface area contributed by atoms with E-state index in [0.29, 0.717) is 35.4 Å². The quantitative estimate of drug-likeness (QED) is 0.864. The number of nitrogens with two attached hydrogens (primary N) is 1. The second-order valence-electron chi connectivity index (χ2n) is 5.72. The molecule has 1 aromatic rings. The van der Waals surface area contributed by atoms with Crippen LogP contribution in [0.5, 0.6) is 5.75 Å². The van der Waals surface area contributed by atoms with Gasteiger partial charge in [0, 0.05) is 30.4 Å². The lowest BCUT2D eigenvalue weighted by molar-refractivity contribution is 0.0627. The standard InChI is InChI=1S/C16H24N2O2/c1-4-20-15-8-13(7-14(17)9-15)16(19)18-6-5-11(2)12(3)10-18/h7-9,11-12H,4-6,10,17H2,1-3H3. The normalized spacial score (nSPS) is 22.6. The van der Waals surface area contributed by atoms with Crippen molar-refractivity contribution in [1.82, 2.24) is 4.90 Å². The highest BCUT2D eigenvalue weighted by molar-refractivity contribution is 5.95. The van der Waals surface area contributed by atoms with Gasteiger partial charge in [0.2, 0.25) is 0 Å². The van der Waals surface area contributed by atoms with Crippen LogP contribution < -0.4 is 10.5 Å². The highest BCUT2D eigenvalue weighted by Gasteiger charge is 2.26. The van der Waals surface area contributed by atoms with Gasteiger partial charge >= 0.3 is 0 Å². The van der Waals surface area contributed by atoms with Gasteiger partial charge in [-0.25, -0.2) is 0 Å². The summed E-state index contributed by atoms with van der Waals surface area (Å²) in [4.78, 5) is 14.5. The number of benzene rings is 1. The highest BCUT2D eigenvalue weighted by Crippen LogP contribution is 2.25. The van der Waals surface area contributed by atoms with Gasteiger partial charge in [-0.05, 0) is 37.3 Å². The van der Waals surface area contributed by atoms with Crippen LogP contribution in [0.2, 0.25) is 0 Å². The number of anilines is 1. The van der Waals surface area contributed by atoms with Gasteiger partial charge in [0.15, 0.2) is 0 Å². The largest absolute Gasteiger partial charge is 0.494 e. The maximum atomic E-state index is 12.6. The lowest BCUT2D eigenvalue weighted by atomic mass is 9.88. The number of nitrogens with zero attached hydrogens (tertiary/aromatic N) is 1. The number of amides is 1. The zero-order valence-corrected chi connectivity index (χ0v) is 12.6. The van der Waals surface area contributed by atoms with Gasteiger partial charge in [-0.1, -0.05) is 13.8 Å². The molecule has 1 saturated heterocycles. The predicted molar refractivity (Wildman–Crippen MR) is 80.9 cm³/mol. The van der Waals surface area contributed by atoms with Crippen molar-refractivity contribution in [3.8, 4) is 5.75 Å². The molecule has 0 radical (unpaired) electrons. The highest BCUT2D eigenvalue weighted by atomic mass is 16.5. The molecule has 1 amide bonds. The van der Waals surface area contributed by atoms with Crippen LogP contribution in [-0.2, 0) is 0 Å². The zero-order chi connectivity index (χ0) is 14.7. The Balaban J connectivity index is 2.16. The molecule has 1 aliphatic heterocycles. The molecule has 4 heteroatoms. The Labute approximate surface area is 120 Å². The number of piperidine rings is 1. The fourth-order valence-corrected chi connectivity index (χ4v) is 2.63. The summed E-state index contributed by atoms with van der Waals surface area (Å²) in [5, 5.41) is 0. The summed E-state index contributed by atoms with van der Waals surface area (Å²) in [6.45, 7) is 8.57. The van der Waals surface area contributed by atoms with Crippen LogP contribution in [0.1, 0.15) is 37.6 Å². The van der Waals surface area contributed by atoms with Gasteiger partial charge in [0.1, 0.15) is 5.75 Å². The van der Waals surface area contributed by atoms with E-state index in [-0.39, 0.29) is 5.91 Å². The van der Waals surface area contributed by atoms with Crippen molar-refractivity contribution in [2.24, 2.45) is 11.8 Å². The smallest absolute Gasteiger partial charge is 0.254 e. The molecule has 0 bridgehead atoms. The maximum absolute atomic E-state index is 12.6. The molecule has 2 unspecified atom stereocenters. The van der Waals surface area contributed by atoms with E-state index in [1.165, 1.54) is 0 Å². The average molecular weight is 276 g/mol. The molecule has 0 spiro atoms. The van der Waals surface area contributed by atoms with Gasteiger partial charge in [-0.15, -0.1) is 0 Å². The van der Waals surface area contributed by atoms with Crippen LogP contribution in [0.15, 0.2) is 18.2 Å². The predicted octanol–water partition coefficient (Wildman–Crippen LogP) is 2.79. The summed E-state index contributed by atoms with van der Waals surface area (Å²) in [7, 11) is 0. The van der Waals surface area contributed by atoms with Crippen LogP contribution in [0, 0.1) is 11.8 Å². The first-order valence-corrected chi connectivity index (χ1v) is 7.34. The number of likely N-dealkylation sites (tertiary alicyclic amines) is 1. The summed E-state index contributed by atoms with van der Waals surface area (Å²) in [6.07, 6.45) is 1.06. The van der Waals surface area contributed by atoms with Crippen molar-refractivity contribution in [1.29, 1.82) is 0 Å². The number of ether oxygens (including phenoxy) is 1. The second-order valence-corrected chi connectivity index (χ2v) is 5.72. The second kappa shape index (κ2) is 6.16. The van der Waals surface area contributed by atoms with E-state index in [0.717, 1.165) is 19.5 Å². The monoisotopic (exact) mass is 276 g/mol. The van der Waals surface area contributed by atoms with E-state index >= 15 is 0 Å². The third-order valence-corrected chi connectivity index (χ3v) is 4.11. The molecule has 20 heavy (non-hydrogen) atoms. The molecule has 0 aliphatic carbocycles. The molecule has 2 atom stereocenters. The minimum Gasteiger partial charge on any atom is -0.494 e. The maximum Gasteiger partial charge on any atom is 0.254 e. The van der Waals surface area contributed by atoms with Crippen molar-refractivity contribution in [3.63, 3.8) is 0 Å². The number of hydrogen-bond acceptors (Lipinski definition) is 3. The van der Waals surface area contributed by atoms with E-state index in [2.05, 4.69) is 13.8 Å². The van der Waals surface area contributed by atoms with E-state index in [4.69, 9.17) is 10.5 Å². The van der Waals surface area contributed by atoms with Crippen molar-refractivity contribution in [3.05, 3.63) is 23.8 Å². The summed E-state index contributed by atoms with van der Waals surface area (Å²) in [6, 6.07) is 5.26. The Kier molecular flexibility index (Phi) is 4.53. The van der Waals surface area contributed by atoms with Crippen molar-refractivity contribution >= 4 is 11.6 Å². The van der Waals surface area contributed by atoms with Crippen molar-refractivity contribution in [2.75, 3.05) is 25.4 Å². The zero-order valence-electron chi connectivity index (χ0n) is 12.6. The van der Waals surface area contributed by atoms with Crippen molar-refractivity contribution in [2.45, 2.75) is 27.2 Å². The molecule has 2 rings (SSSR count). The first kappa shape index (κ1) is 14.7. The Bertz CT molecular complexity index is 487. The first-order chi connectivity index (χ1) is 9.51. The van der Waals surface area contributed by atoms with Crippen molar-refractivity contribution < 1.29 is 9.53 Å². The fraction of sp³-hybridized carbons (Fsp3) is 0.562. The third-order valence-electron chi connectivity index (χ3n) is 4.11. The lowest BCUT2D eigenvalue weighted by Gasteiger charge is -2.35. The Morgan fingerprint density at radius 3 is 2.75 bits per heavy atom. The molecule has 1 heterocycles. The molecular weight excluding hydrogens is 252 g/mol. The van der Waals surface area contributed by atoms with Crippen LogP contribution >= 0.6 is 0 Å². The SMILES string of the molecule is CCOc1cc(N)cc(C(=O)N2CCC(C)C(C)C2)c1. The molecule has 1 aromatic carbocycles. The summed E-state index contributed by atoms with van der Waals surface area (Å²) >= 11 is 0. The van der Waals surface area contributed by atoms with Crippen LogP contribution in [0.4, 0.5) is 5.69 Å². The number of carbonyl (C=O) groups excluding carboxylic acids is 1. The fourth-order valence-electron chi connectivity index (χ4n) is 2.63. The number of rotatable bonds is 3. The van der Waals surface area contributed by atoms with Gasteiger partial charge in [-0.2, -0.15) is 0 Å². The topological polar surface area (TPSA) is 55.6 Å². The molecule has 1 aliphatic rings. The minimum absolute atomic E-state index is 0.0528. The molecule has 0 aromatic heterocycles. The van der Waals surface area contributed by atoms with Gasteiger partial charge in [0.05, 0.1) is 6.61 Å². The Hall–Kier alpha value is -1.71. The molecular formula is C16H24N2O2. The lowest BCUT2D eigenvalue weighted by Crippen LogP contribution is -2.42. The van der Waals surface area contributed by atoms with Gasteiger partial charge < -0.3 is 15.4 Å².